The number of likely N-dealkylation sites (tertiary alicyclic amines) is 1. The van der Waals surface area contributed by atoms with Crippen LogP contribution in [-0.4, -0.2) is 49.1 Å². The molecule has 1 heterocycles. The molecule has 1 aliphatic heterocycles. The molecular formula is C15H28N2O3. The van der Waals surface area contributed by atoms with Gasteiger partial charge in [0.15, 0.2) is 0 Å². The zero-order valence-electron chi connectivity index (χ0n) is 13.0. The molecule has 0 spiro atoms. The largest absolute Gasteiger partial charge is 0.466 e. The molecule has 1 aliphatic rings. The van der Waals surface area contributed by atoms with E-state index in [-0.39, 0.29) is 17.8 Å². The average Bonchev–Trinajstić information content (AvgIpc) is 2.43. The zero-order valence-corrected chi connectivity index (χ0v) is 13.0. The van der Waals surface area contributed by atoms with Crippen molar-refractivity contribution in [1.29, 1.82) is 0 Å². The van der Waals surface area contributed by atoms with E-state index in [0.29, 0.717) is 25.6 Å². The predicted octanol–water partition coefficient (Wildman–Crippen LogP) is 1.57. The van der Waals surface area contributed by atoms with E-state index in [0.717, 1.165) is 32.4 Å². The number of hydrogen-bond donors (Lipinski definition) is 1. The first-order valence-electron chi connectivity index (χ1n) is 7.72. The van der Waals surface area contributed by atoms with Gasteiger partial charge in [-0.15, -0.1) is 0 Å². The Hall–Kier alpha value is -1.10. The van der Waals surface area contributed by atoms with Gasteiger partial charge in [-0.3, -0.25) is 9.59 Å². The summed E-state index contributed by atoms with van der Waals surface area (Å²) in [5.41, 5.74) is 0. The van der Waals surface area contributed by atoms with Gasteiger partial charge in [0.2, 0.25) is 5.91 Å². The monoisotopic (exact) mass is 284 g/mol. The number of hydrogen-bond acceptors (Lipinski definition) is 4. The van der Waals surface area contributed by atoms with Gasteiger partial charge in [-0.25, -0.2) is 0 Å². The van der Waals surface area contributed by atoms with Gasteiger partial charge in [-0.1, -0.05) is 13.8 Å². The van der Waals surface area contributed by atoms with E-state index in [2.05, 4.69) is 19.2 Å². The second-order valence-electron chi connectivity index (χ2n) is 5.64. The Labute approximate surface area is 122 Å². The van der Waals surface area contributed by atoms with Crippen LogP contribution < -0.4 is 5.32 Å². The fourth-order valence-corrected chi connectivity index (χ4v) is 2.44. The molecule has 0 aliphatic carbocycles. The molecule has 0 radical (unpaired) electrons. The summed E-state index contributed by atoms with van der Waals surface area (Å²) in [5.74, 6) is -0.141. The van der Waals surface area contributed by atoms with Gasteiger partial charge in [-0.05, 0) is 32.7 Å². The predicted molar refractivity (Wildman–Crippen MR) is 78.3 cm³/mol. The van der Waals surface area contributed by atoms with Gasteiger partial charge in [0.1, 0.15) is 0 Å². The summed E-state index contributed by atoms with van der Waals surface area (Å²) >= 11 is 0. The van der Waals surface area contributed by atoms with Crippen molar-refractivity contribution in [3.63, 3.8) is 0 Å². The zero-order chi connectivity index (χ0) is 15.0. The maximum absolute atomic E-state index is 12.1. The lowest BCUT2D eigenvalue weighted by Crippen LogP contribution is -2.43. The number of nitrogens with one attached hydrogen (secondary N) is 1. The van der Waals surface area contributed by atoms with E-state index >= 15 is 0 Å². The molecule has 1 rings (SSSR count). The van der Waals surface area contributed by atoms with E-state index in [1.54, 1.807) is 0 Å². The number of carbonyl (C=O) groups is 2. The normalized spacial score (nSPS) is 19.2. The number of amides is 1. The summed E-state index contributed by atoms with van der Waals surface area (Å²) in [6.07, 6.45) is 3.11. The van der Waals surface area contributed by atoms with Gasteiger partial charge in [0, 0.05) is 25.6 Å². The molecule has 1 saturated heterocycles. The summed E-state index contributed by atoms with van der Waals surface area (Å²) < 4.78 is 5.05. The SMILES string of the molecule is CCOC(=O)C1CCCN(C(=O)CCCNC(C)C)C1. The molecule has 1 amide bonds. The van der Waals surface area contributed by atoms with E-state index in [1.807, 2.05) is 11.8 Å². The van der Waals surface area contributed by atoms with Crippen molar-refractivity contribution >= 4 is 11.9 Å². The number of esters is 1. The molecule has 5 heteroatoms. The van der Waals surface area contributed by atoms with Crippen LogP contribution >= 0.6 is 0 Å². The van der Waals surface area contributed by atoms with Crippen molar-refractivity contribution in [2.24, 2.45) is 5.92 Å². The highest BCUT2D eigenvalue weighted by Crippen LogP contribution is 2.18. The van der Waals surface area contributed by atoms with Crippen molar-refractivity contribution in [2.75, 3.05) is 26.2 Å². The molecule has 0 saturated carbocycles. The molecule has 1 unspecified atom stereocenters. The summed E-state index contributed by atoms with van der Waals surface area (Å²) in [5, 5.41) is 3.30. The van der Waals surface area contributed by atoms with Crippen LogP contribution in [0.2, 0.25) is 0 Å². The van der Waals surface area contributed by atoms with Crippen molar-refractivity contribution in [3.05, 3.63) is 0 Å². The van der Waals surface area contributed by atoms with Crippen molar-refractivity contribution in [3.8, 4) is 0 Å². The highest BCUT2D eigenvalue weighted by Gasteiger charge is 2.28. The van der Waals surface area contributed by atoms with E-state index in [9.17, 15) is 9.59 Å². The van der Waals surface area contributed by atoms with Crippen LogP contribution in [-0.2, 0) is 14.3 Å². The number of piperidine rings is 1. The molecule has 0 aromatic carbocycles. The minimum absolute atomic E-state index is 0.138. The van der Waals surface area contributed by atoms with E-state index < -0.39 is 0 Å². The summed E-state index contributed by atoms with van der Waals surface area (Å²) in [7, 11) is 0. The molecular weight excluding hydrogens is 256 g/mol. The van der Waals surface area contributed by atoms with Crippen molar-refractivity contribution in [1.82, 2.24) is 10.2 Å². The van der Waals surface area contributed by atoms with Gasteiger partial charge < -0.3 is 15.0 Å². The summed E-state index contributed by atoms with van der Waals surface area (Å²) in [6.45, 7) is 8.56. The lowest BCUT2D eigenvalue weighted by molar-refractivity contribution is -0.151. The Balaban J connectivity index is 2.31. The van der Waals surface area contributed by atoms with Crippen LogP contribution in [0.3, 0.4) is 0 Å². The third-order valence-corrected chi connectivity index (χ3v) is 3.51. The Kier molecular flexibility index (Phi) is 7.59. The topological polar surface area (TPSA) is 58.6 Å². The molecule has 0 aromatic rings. The van der Waals surface area contributed by atoms with Crippen LogP contribution in [0.5, 0.6) is 0 Å². The highest BCUT2D eigenvalue weighted by molar-refractivity contribution is 5.78. The van der Waals surface area contributed by atoms with Gasteiger partial charge in [0.05, 0.1) is 12.5 Å². The van der Waals surface area contributed by atoms with Crippen molar-refractivity contribution < 1.29 is 14.3 Å². The third kappa shape index (κ3) is 5.90. The molecule has 1 fully saturated rings. The fraction of sp³-hybridized carbons (Fsp3) is 0.867. The van der Waals surface area contributed by atoms with Gasteiger partial charge in [-0.2, -0.15) is 0 Å². The second kappa shape index (κ2) is 8.95. The fourth-order valence-electron chi connectivity index (χ4n) is 2.44. The highest BCUT2D eigenvalue weighted by atomic mass is 16.5. The molecule has 1 N–H and O–H groups in total. The molecule has 116 valence electrons. The standard InChI is InChI=1S/C15H28N2O3/c1-4-20-15(19)13-7-6-10-17(11-13)14(18)8-5-9-16-12(2)3/h12-13,16H,4-11H2,1-3H3. The van der Waals surface area contributed by atoms with Crippen LogP contribution in [0, 0.1) is 5.92 Å². The first kappa shape index (κ1) is 17.0. The lowest BCUT2D eigenvalue weighted by atomic mass is 9.98. The Morgan fingerprint density at radius 1 is 1.40 bits per heavy atom. The van der Waals surface area contributed by atoms with Crippen molar-refractivity contribution in [2.45, 2.75) is 52.5 Å². The summed E-state index contributed by atoms with van der Waals surface area (Å²) in [4.78, 5) is 25.7. The molecule has 5 nitrogen and oxygen atoms in total. The molecule has 1 atom stereocenters. The molecule has 0 aromatic heterocycles. The van der Waals surface area contributed by atoms with Gasteiger partial charge >= 0.3 is 5.97 Å². The first-order chi connectivity index (χ1) is 9.54. The van der Waals surface area contributed by atoms with Gasteiger partial charge in [0.25, 0.3) is 0 Å². The number of nitrogens with zero attached hydrogens (tertiary/aromatic N) is 1. The number of carbonyl (C=O) groups excluding carboxylic acids is 2. The second-order valence-corrected chi connectivity index (χ2v) is 5.64. The Bertz CT molecular complexity index is 318. The maximum atomic E-state index is 12.1. The molecule has 0 bridgehead atoms. The van der Waals surface area contributed by atoms with Crippen LogP contribution in [0.4, 0.5) is 0 Å². The van der Waals surface area contributed by atoms with Crippen LogP contribution in [0.25, 0.3) is 0 Å². The van der Waals surface area contributed by atoms with Crippen LogP contribution in [0.15, 0.2) is 0 Å². The maximum Gasteiger partial charge on any atom is 0.310 e. The molecule has 20 heavy (non-hydrogen) atoms. The van der Waals surface area contributed by atoms with E-state index in [1.165, 1.54) is 0 Å². The van der Waals surface area contributed by atoms with Crippen LogP contribution in [0.1, 0.15) is 46.5 Å². The average molecular weight is 284 g/mol. The summed E-state index contributed by atoms with van der Waals surface area (Å²) in [6, 6.07) is 0.452. The Morgan fingerprint density at radius 2 is 2.15 bits per heavy atom. The smallest absolute Gasteiger partial charge is 0.310 e. The Morgan fingerprint density at radius 3 is 2.80 bits per heavy atom. The first-order valence-corrected chi connectivity index (χ1v) is 7.72. The minimum Gasteiger partial charge on any atom is -0.466 e. The lowest BCUT2D eigenvalue weighted by Gasteiger charge is -2.31. The number of ether oxygens (including phenoxy) is 1. The van der Waals surface area contributed by atoms with E-state index in [4.69, 9.17) is 4.74 Å². The minimum atomic E-state index is -0.161. The quantitative estimate of drug-likeness (QED) is 0.569. The number of rotatable bonds is 7. The third-order valence-electron chi connectivity index (χ3n) is 3.51.